The van der Waals surface area contributed by atoms with Gasteiger partial charge in [-0.25, -0.2) is 13.8 Å². The summed E-state index contributed by atoms with van der Waals surface area (Å²) in [7, 11) is 0. The Balaban J connectivity index is 0.760. The molecule has 4 aromatic heterocycles. The molecule has 8 heterocycles. The van der Waals surface area contributed by atoms with Crippen LogP contribution in [0, 0.1) is 24.0 Å². The zero-order valence-electron chi connectivity index (χ0n) is 43.4. The Hall–Kier alpha value is -6.74. The predicted octanol–water partition coefficient (Wildman–Crippen LogP) is 7.08. The number of amides is 3. The van der Waals surface area contributed by atoms with E-state index in [0.29, 0.717) is 49.1 Å². The van der Waals surface area contributed by atoms with Gasteiger partial charge < -0.3 is 40.6 Å². The summed E-state index contributed by atoms with van der Waals surface area (Å²) in [6.07, 6.45) is 9.46. The number of likely N-dealkylation sites (tertiary alicyclic amines) is 2. The van der Waals surface area contributed by atoms with Crippen LogP contribution in [0.4, 0.5) is 14.6 Å². The summed E-state index contributed by atoms with van der Waals surface area (Å²) in [5.74, 6) is -2.05. The van der Waals surface area contributed by atoms with E-state index in [-0.39, 0.29) is 83.7 Å². The van der Waals surface area contributed by atoms with Crippen molar-refractivity contribution in [2.75, 3.05) is 37.6 Å². The molecule has 76 heavy (non-hydrogen) atoms. The predicted molar refractivity (Wildman–Crippen MR) is 288 cm³/mol. The van der Waals surface area contributed by atoms with Gasteiger partial charge in [0, 0.05) is 68.3 Å². The average molecular weight is 1060 g/mol. The fourth-order valence-corrected chi connectivity index (χ4v) is 12.1. The van der Waals surface area contributed by atoms with E-state index in [1.807, 2.05) is 70.5 Å². The lowest BCUT2D eigenvalue weighted by atomic mass is 9.85. The van der Waals surface area contributed by atoms with E-state index in [2.05, 4.69) is 45.7 Å². The van der Waals surface area contributed by atoms with Crippen molar-refractivity contribution in [2.45, 2.75) is 128 Å². The molecule has 3 amide bonds. The number of fused-ring (bicyclic) bond motifs is 4. The lowest BCUT2D eigenvalue weighted by molar-refractivity contribution is -0.144. The van der Waals surface area contributed by atoms with E-state index in [1.54, 1.807) is 17.4 Å². The maximum absolute atomic E-state index is 16.9. The Labute approximate surface area is 443 Å². The fourth-order valence-electron chi connectivity index (χ4n) is 11.3. The van der Waals surface area contributed by atoms with Gasteiger partial charge in [0.05, 0.1) is 45.6 Å². The highest BCUT2D eigenvalue weighted by Crippen LogP contribution is 2.37. The Morgan fingerprint density at radius 2 is 1.78 bits per heavy atom. The van der Waals surface area contributed by atoms with Gasteiger partial charge in [-0.05, 0) is 99.5 Å². The second-order valence-corrected chi connectivity index (χ2v) is 22.7. The highest BCUT2D eigenvalue weighted by Gasteiger charge is 2.45. The molecule has 400 valence electrons. The number of rotatable bonds is 16. The number of anilines is 1. The zero-order valence-corrected chi connectivity index (χ0v) is 44.3. The van der Waals surface area contributed by atoms with Crippen LogP contribution in [-0.2, 0) is 14.4 Å². The number of hydrogen-bond donors (Lipinski definition) is 5. The molecule has 5 N–H and O–H groups in total. The highest BCUT2D eigenvalue weighted by molar-refractivity contribution is 7.13. The molecule has 2 aromatic carbocycles. The third kappa shape index (κ3) is 11.2. The molecule has 0 saturated carbocycles. The van der Waals surface area contributed by atoms with Crippen LogP contribution in [0.3, 0.4) is 0 Å². The smallest absolute Gasteiger partial charge is 0.324 e. The standard InChI is InChI=1S/C56H65F2N11O6S/c1-31(33-14-16-34(17-15-33)50-32(2)60-30-76-50)61-53(73)42-25-39(70)29-69(42)54(74)51(56(3,4)5)64-43(71)13-6-7-21-67-22-9-11-38(67)20-23-75-55-65-47-40(52(66-55)68-27-36-18-19-37(28-68)62-36)26-59-49(46(47)58)48-45-35(24-44(72)63-48)10-8-12-41(45)57/h8,10,12,14-17,20,23-24,26,30-31,36-39,42,51,62,70H,6-7,9,11,13,18-19,21-22,25,27-29H2,1-5H3,(H,61,73)(H,63,72)(H,64,71)/b23-20+/t31-,36?,37?,38-,39+,42-,51+/m0/s1. The summed E-state index contributed by atoms with van der Waals surface area (Å²) in [6.45, 7) is 12.3. The fraction of sp³-hybridized carbons (Fsp3) is 0.464. The van der Waals surface area contributed by atoms with Crippen LogP contribution in [0.25, 0.3) is 43.5 Å². The molecular weight excluding hydrogens is 993 g/mol. The van der Waals surface area contributed by atoms with E-state index in [0.717, 1.165) is 53.9 Å². The number of nitrogens with zero attached hydrogens (tertiary/aromatic N) is 7. The number of β-amino-alcohol motifs (C(OH)–C–C–N with tert-alkyl or cyclic N) is 1. The van der Waals surface area contributed by atoms with Crippen LogP contribution < -0.4 is 31.1 Å². The number of unbranched alkanes of at least 4 members (excludes halogenated alkanes) is 1. The molecule has 2 unspecified atom stereocenters. The summed E-state index contributed by atoms with van der Waals surface area (Å²) < 4.78 is 38.2. The van der Waals surface area contributed by atoms with Crippen molar-refractivity contribution in [3.05, 3.63) is 106 Å². The third-order valence-electron chi connectivity index (χ3n) is 15.3. The molecule has 6 aromatic rings. The number of aliphatic hydroxyl groups is 1. The minimum Gasteiger partial charge on any atom is -0.432 e. The number of benzene rings is 2. The molecule has 17 nitrogen and oxygen atoms in total. The van der Waals surface area contributed by atoms with Gasteiger partial charge in [0.2, 0.25) is 23.3 Å². The number of aryl methyl sites for hydroxylation is 1. The summed E-state index contributed by atoms with van der Waals surface area (Å²) in [5, 5.41) is 21.1. The first-order valence-corrected chi connectivity index (χ1v) is 27.2. The highest BCUT2D eigenvalue weighted by atomic mass is 32.1. The van der Waals surface area contributed by atoms with Crippen LogP contribution in [0.1, 0.15) is 96.4 Å². The quantitative estimate of drug-likeness (QED) is 0.0485. The summed E-state index contributed by atoms with van der Waals surface area (Å²) in [4.78, 5) is 82.0. The number of piperazine rings is 1. The molecule has 4 aliphatic rings. The van der Waals surface area contributed by atoms with Gasteiger partial charge in [-0.1, -0.05) is 57.2 Å². The van der Waals surface area contributed by atoms with Crippen LogP contribution in [0.2, 0.25) is 0 Å². The van der Waals surface area contributed by atoms with Gasteiger partial charge in [-0.15, -0.1) is 11.3 Å². The Morgan fingerprint density at radius 1 is 1.00 bits per heavy atom. The number of ether oxygens (including phenoxy) is 1. The van der Waals surface area contributed by atoms with E-state index < -0.39 is 46.7 Å². The zero-order chi connectivity index (χ0) is 53.4. The summed E-state index contributed by atoms with van der Waals surface area (Å²) in [6, 6.07) is 11.8. The van der Waals surface area contributed by atoms with Crippen LogP contribution in [0.5, 0.6) is 6.01 Å². The number of H-pyrrole nitrogens is 1. The van der Waals surface area contributed by atoms with Crippen molar-refractivity contribution in [3.63, 3.8) is 0 Å². The van der Waals surface area contributed by atoms with Crippen molar-refractivity contribution in [1.29, 1.82) is 0 Å². The molecular formula is C56H65F2N11O6S. The van der Waals surface area contributed by atoms with Gasteiger partial charge >= 0.3 is 6.01 Å². The number of aromatic amines is 1. The van der Waals surface area contributed by atoms with E-state index in [9.17, 15) is 24.3 Å². The van der Waals surface area contributed by atoms with Crippen molar-refractivity contribution in [1.82, 2.24) is 50.7 Å². The minimum absolute atomic E-state index is 0.0162. The molecule has 0 radical (unpaired) electrons. The lowest BCUT2D eigenvalue weighted by Gasteiger charge is -2.35. The monoisotopic (exact) mass is 1060 g/mol. The maximum atomic E-state index is 16.9. The molecule has 4 aliphatic heterocycles. The van der Waals surface area contributed by atoms with Crippen molar-refractivity contribution in [3.8, 4) is 27.8 Å². The van der Waals surface area contributed by atoms with Gasteiger partial charge in [0.25, 0.3) is 0 Å². The Kier molecular flexibility index (Phi) is 15.3. The number of thiazole rings is 1. The molecule has 0 aliphatic carbocycles. The first-order chi connectivity index (χ1) is 36.5. The number of halogens is 2. The number of carbonyl (C=O) groups excluding carboxylic acids is 3. The van der Waals surface area contributed by atoms with Crippen LogP contribution in [0.15, 0.2) is 77.4 Å². The molecule has 20 heteroatoms. The molecule has 10 rings (SSSR count). The van der Waals surface area contributed by atoms with Gasteiger partial charge in [0.1, 0.15) is 34.9 Å². The number of aliphatic hydroxyl groups excluding tert-OH is 1. The molecule has 0 spiro atoms. The largest absolute Gasteiger partial charge is 0.432 e. The van der Waals surface area contributed by atoms with Crippen LogP contribution in [-0.4, -0.2) is 127 Å². The van der Waals surface area contributed by atoms with Crippen molar-refractivity contribution in [2.24, 2.45) is 5.41 Å². The second-order valence-electron chi connectivity index (χ2n) is 21.8. The first-order valence-electron chi connectivity index (χ1n) is 26.3. The number of aromatic nitrogens is 5. The van der Waals surface area contributed by atoms with Crippen molar-refractivity contribution < 1.29 is 33.0 Å². The molecule has 4 fully saturated rings. The number of hydrogen-bond acceptors (Lipinski definition) is 14. The molecule has 4 saturated heterocycles. The van der Waals surface area contributed by atoms with Gasteiger partial charge in [-0.2, -0.15) is 9.97 Å². The lowest BCUT2D eigenvalue weighted by Crippen LogP contribution is -2.57. The second kappa shape index (κ2) is 22.1. The minimum atomic E-state index is -0.932. The van der Waals surface area contributed by atoms with E-state index in [4.69, 9.17) is 9.72 Å². The number of pyridine rings is 2. The van der Waals surface area contributed by atoms with E-state index in [1.165, 1.54) is 35.6 Å². The SMILES string of the molecule is Cc1ncsc1-c1ccc([C@H](C)NC(=O)[C@@H]2C[C@@H](O)CN2C(=O)[C@@H](NC(=O)CCCCN2CCC[C@H]2/C=C/Oc2nc(N3CC4CCC(C3)N4)c3cnc(-c4[nH]c(=O)cc5cccc(F)c45)c(F)c3n2)C(C)(C)C)cc1. The Morgan fingerprint density at radius 3 is 2.51 bits per heavy atom. The average Bonchev–Trinajstić information content (AvgIpc) is 4.25. The third-order valence-corrected chi connectivity index (χ3v) is 16.3. The molecule has 2 bridgehead atoms. The topological polar surface area (TPSA) is 211 Å². The number of carbonyl (C=O) groups is 3. The molecule has 7 atom stereocenters. The van der Waals surface area contributed by atoms with E-state index >= 15 is 8.78 Å². The van der Waals surface area contributed by atoms with Gasteiger partial charge in [-0.3, -0.25) is 29.1 Å². The maximum Gasteiger partial charge on any atom is 0.324 e. The first kappa shape index (κ1) is 52.7. The normalized spacial score (nSPS) is 21.7. The summed E-state index contributed by atoms with van der Waals surface area (Å²) >= 11 is 1.57. The summed E-state index contributed by atoms with van der Waals surface area (Å²) in [5.41, 5.74) is 3.08. The Bertz CT molecular complexity index is 3220. The van der Waals surface area contributed by atoms with Crippen molar-refractivity contribution >= 4 is 56.6 Å². The van der Waals surface area contributed by atoms with Gasteiger partial charge in [0.15, 0.2) is 5.82 Å². The number of nitrogens with one attached hydrogen (secondary N) is 4. The van der Waals surface area contributed by atoms with Crippen LogP contribution >= 0.6 is 11.3 Å².